The second-order valence-corrected chi connectivity index (χ2v) is 3.60. The van der Waals surface area contributed by atoms with E-state index in [4.69, 9.17) is 9.84 Å². The minimum Gasteiger partial charge on any atom is -0.480 e. The fourth-order valence-electron chi connectivity index (χ4n) is 1.61. The molecule has 1 N–H and O–H groups in total. The molecular weight excluding hydrogens is 244 g/mol. The van der Waals surface area contributed by atoms with E-state index in [1.54, 1.807) is 0 Å². The van der Waals surface area contributed by atoms with Gasteiger partial charge in [0.15, 0.2) is 0 Å². The molecule has 18 heavy (non-hydrogen) atoms. The number of pyridine rings is 1. The van der Waals surface area contributed by atoms with Gasteiger partial charge in [-0.2, -0.15) is 0 Å². The molecule has 0 saturated heterocycles. The average molecular weight is 253 g/mol. The van der Waals surface area contributed by atoms with Crippen molar-refractivity contribution in [1.82, 2.24) is 4.98 Å². The summed E-state index contributed by atoms with van der Waals surface area (Å²) < 4.78 is 29.9. The summed E-state index contributed by atoms with van der Waals surface area (Å²) in [5.74, 6) is -1.28. The molecule has 1 aromatic heterocycles. The van der Waals surface area contributed by atoms with Crippen molar-refractivity contribution in [3.05, 3.63) is 35.4 Å². The Morgan fingerprint density at radius 1 is 1.39 bits per heavy atom. The average Bonchev–Trinajstić information content (AvgIpc) is 2.36. The first kappa shape index (κ1) is 12.2. The normalized spacial score (nSPS) is 10.9. The number of carboxylic acids is 1. The number of carboxylic acid groups (broad SMARTS) is 1. The first-order valence-electron chi connectivity index (χ1n) is 5.03. The smallest absolute Gasteiger partial charge is 0.341 e. The Kier molecular flexibility index (Phi) is 3.10. The Morgan fingerprint density at radius 3 is 2.67 bits per heavy atom. The van der Waals surface area contributed by atoms with Crippen LogP contribution in [0, 0.1) is 0 Å². The number of benzene rings is 1. The van der Waals surface area contributed by atoms with E-state index in [-0.39, 0.29) is 22.5 Å². The maximum Gasteiger partial charge on any atom is 0.341 e. The summed E-state index contributed by atoms with van der Waals surface area (Å²) in [5, 5.41) is 9.43. The number of halogens is 2. The first-order valence-corrected chi connectivity index (χ1v) is 5.03. The van der Waals surface area contributed by atoms with E-state index in [1.807, 2.05) is 0 Å². The van der Waals surface area contributed by atoms with Crippen LogP contribution in [-0.4, -0.2) is 23.2 Å². The van der Waals surface area contributed by atoms with Gasteiger partial charge in [0.05, 0.1) is 12.6 Å². The van der Waals surface area contributed by atoms with Crippen LogP contribution in [0.3, 0.4) is 0 Å². The number of methoxy groups -OCH3 is 1. The molecule has 6 heteroatoms. The van der Waals surface area contributed by atoms with E-state index in [2.05, 4.69) is 4.98 Å². The number of hydrogen-bond acceptors (Lipinski definition) is 3. The van der Waals surface area contributed by atoms with Crippen molar-refractivity contribution in [1.29, 1.82) is 0 Å². The molecule has 0 aliphatic rings. The van der Waals surface area contributed by atoms with Crippen molar-refractivity contribution in [2.75, 3.05) is 7.11 Å². The molecule has 0 amide bonds. The third kappa shape index (κ3) is 2.09. The SMILES string of the molecule is COc1nc2cc(C(F)F)ccc2cc1C(=O)O. The maximum absolute atomic E-state index is 12.5. The molecule has 0 unspecified atom stereocenters. The number of aromatic nitrogens is 1. The van der Waals surface area contributed by atoms with Crippen LogP contribution in [0.1, 0.15) is 22.3 Å². The highest BCUT2D eigenvalue weighted by atomic mass is 19.3. The van der Waals surface area contributed by atoms with Crippen molar-refractivity contribution in [2.24, 2.45) is 0 Å². The van der Waals surface area contributed by atoms with Gasteiger partial charge in [-0.1, -0.05) is 12.1 Å². The zero-order valence-corrected chi connectivity index (χ0v) is 9.35. The number of ether oxygens (including phenoxy) is 1. The summed E-state index contributed by atoms with van der Waals surface area (Å²) in [6, 6.07) is 5.22. The highest BCUT2D eigenvalue weighted by Gasteiger charge is 2.15. The Morgan fingerprint density at radius 2 is 2.11 bits per heavy atom. The number of rotatable bonds is 3. The molecule has 0 bridgehead atoms. The number of nitrogens with zero attached hydrogens (tertiary/aromatic N) is 1. The number of fused-ring (bicyclic) bond motifs is 1. The van der Waals surface area contributed by atoms with E-state index in [0.717, 1.165) is 0 Å². The van der Waals surface area contributed by atoms with Gasteiger partial charge in [0.25, 0.3) is 6.43 Å². The van der Waals surface area contributed by atoms with E-state index < -0.39 is 12.4 Å². The van der Waals surface area contributed by atoms with Crippen LogP contribution in [0.25, 0.3) is 10.9 Å². The van der Waals surface area contributed by atoms with Gasteiger partial charge >= 0.3 is 5.97 Å². The van der Waals surface area contributed by atoms with Gasteiger partial charge in [0.1, 0.15) is 5.56 Å². The maximum atomic E-state index is 12.5. The fourth-order valence-corrected chi connectivity index (χ4v) is 1.61. The van der Waals surface area contributed by atoms with E-state index >= 15 is 0 Å². The van der Waals surface area contributed by atoms with Crippen molar-refractivity contribution in [3.8, 4) is 5.88 Å². The second-order valence-electron chi connectivity index (χ2n) is 3.60. The third-order valence-corrected chi connectivity index (χ3v) is 2.48. The van der Waals surface area contributed by atoms with Crippen LogP contribution >= 0.6 is 0 Å². The monoisotopic (exact) mass is 253 g/mol. The van der Waals surface area contributed by atoms with Crippen molar-refractivity contribution < 1.29 is 23.4 Å². The van der Waals surface area contributed by atoms with Crippen LogP contribution in [-0.2, 0) is 0 Å². The molecule has 4 nitrogen and oxygen atoms in total. The van der Waals surface area contributed by atoms with Crippen LogP contribution in [0.15, 0.2) is 24.3 Å². The van der Waals surface area contributed by atoms with Gasteiger partial charge in [-0.25, -0.2) is 18.6 Å². The minimum atomic E-state index is -2.60. The summed E-state index contributed by atoms with van der Waals surface area (Å²) in [6.07, 6.45) is -2.60. The van der Waals surface area contributed by atoms with Gasteiger partial charge < -0.3 is 9.84 Å². The molecule has 94 valence electrons. The predicted octanol–water partition coefficient (Wildman–Crippen LogP) is 2.88. The third-order valence-electron chi connectivity index (χ3n) is 2.48. The highest BCUT2D eigenvalue weighted by Crippen LogP contribution is 2.26. The van der Waals surface area contributed by atoms with Crippen LogP contribution in [0.2, 0.25) is 0 Å². The zero-order valence-electron chi connectivity index (χ0n) is 9.35. The lowest BCUT2D eigenvalue weighted by molar-refractivity contribution is 0.0692. The lowest BCUT2D eigenvalue weighted by atomic mass is 10.1. The summed E-state index contributed by atoms with van der Waals surface area (Å²) in [6.45, 7) is 0. The van der Waals surface area contributed by atoms with Crippen LogP contribution in [0.4, 0.5) is 8.78 Å². The molecule has 0 radical (unpaired) electrons. The number of alkyl halides is 2. The van der Waals surface area contributed by atoms with Gasteiger partial charge in [-0.15, -0.1) is 0 Å². The zero-order chi connectivity index (χ0) is 13.3. The molecule has 0 spiro atoms. The Hall–Kier alpha value is -2.24. The number of aromatic carboxylic acids is 1. The van der Waals surface area contributed by atoms with Gasteiger partial charge in [0, 0.05) is 10.9 Å². The minimum absolute atomic E-state index is 0.0959. The first-order chi connectivity index (χ1) is 8.52. The largest absolute Gasteiger partial charge is 0.480 e. The molecule has 0 aliphatic heterocycles. The number of hydrogen-bond donors (Lipinski definition) is 1. The Labute approximate surface area is 101 Å². The van der Waals surface area contributed by atoms with E-state index in [9.17, 15) is 13.6 Å². The van der Waals surface area contributed by atoms with Crippen molar-refractivity contribution in [2.45, 2.75) is 6.43 Å². The second kappa shape index (κ2) is 4.56. The highest BCUT2D eigenvalue weighted by molar-refractivity contribution is 5.95. The Bertz CT molecular complexity index is 614. The van der Waals surface area contributed by atoms with Crippen molar-refractivity contribution in [3.63, 3.8) is 0 Å². The van der Waals surface area contributed by atoms with Gasteiger partial charge in [0.2, 0.25) is 5.88 Å². The molecule has 1 heterocycles. The molecule has 0 fully saturated rings. The predicted molar refractivity (Wildman–Crippen MR) is 60.2 cm³/mol. The lowest BCUT2D eigenvalue weighted by Gasteiger charge is -2.07. The molecule has 2 rings (SSSR count). The van der Waals surface area contributed by atoms with Gasteiger partial charge in [-0.05, 0) is 12.1 Å². The molecule has 0 aliphatic carbocycles. The molecular formula is C12H9F2NO3. The summed E-state index contributed by atoms with van der Waals surface area (Å²) in [4.78, 5) is 14.9. The van der Waals surface area contributed by atoms with Crippen LogP contribution in [0.5, 0.6) is 5.88 Å². The topological polar surface area (TPSA) is 59.4 Å². The molecule has 0 atom stereocenters. The number of carbonyl (C=O) groups is 1. The standard InChI is InChI=1S/C12H9F2NO3/c1-18-11-8(12(16)17)4-6-2-3-7(10(13)14)5-9(6)15-11/h2-5,10H,1H3,(H,16,17). The summed E-state index contributed by atoms with van der Waals surface area (Å²) in [7, 11) is 1.28. The van der Waals surface area contributed by atoms with Gasteiger partial charge in [-0.3, -0.25) is 0 Å². The van der Waals surface area contributed by atoms with Crippen LogP contribution < -0.4 is 4.74 Å². The fraction of sp³-hybridized carbons (Fsp3) is 0.167. The van der Waals surface area contributed by atoms with Crippen molar-refractivity contribution >= 4 is 16.9 Å². The summed E-state index contributed by atoms with van der Waals surface area (Å²) in [5.41, 5.74) is 0.00424. The van der Waals surface area contributed by atoms with E-state index in [1.165, 1.54) is 31.4 Å². The quantitative estimate of drug-likeness (QED) is 0.913. The molecule has 0 saturated carbocycles. The Balaban J connectivity index is 2.67. The summed E-state index contributed by atoms with van der Waals surface area (Å²) >= 11 is 0. The lowest BCUT2D eigenvalue weighted by Crippen LogP contribution is -2.03. The molecule has 2 aromatic rings. The van der Waals surface area contributed by atoms with E-state index in [0.29, 0.717) is 5.39 Å². The molecule has 1 aromatic carbocycles.